The topological polar surface area (TPSA) is 142 Å². The third-order valence-electron chi connectivity index (χ3n) is 7.06. The summed E-state index contributed by atoms with van der Waals surface area (Å²) in [4.78, 5) is 21.1. The van der Waals surface area contributed by atoms with Crippen molar-refractivity contribution in [1.82, 2.24) is 0 Å². The van der Waals surface area contributed by atoms with E-state index in [1.54, 1.807) is 24.3 Å². The second-order valence-corrected chi connectivity index (χ2v) is 13.2. The number of nitro groups is 2. The van der Waals surface area contributed by atoms with Gasteiger partial charge in [-0.3, -0.25) is 20.2 Å². The number of thiocarbonyl (C=S) groups is 2. The van der Waals surface area contributed by atoms with Crippen LogP contribution in [0.4, 0.5) is 11.4 Å². The summed E-state index contributed by atoms with van der Waals surface area (Å²) in [5, 5.41) is 22.0. The van der Waals surface area contributed by atoms with Crippen molar-refractivity contribution in [2.45, 2.75) is 48.5 Å². The Labute approximate surface area is 283 Å². The van der Waals surface area contributed by atoms with Crippen LogP contribution in [0, 0.1) is 20.2 Å². The van der Waals surface area contributed by atoms with Crippen LogP contribution in [-0.4, -0.2) is 63.0 Å². The SMILES string of the molecule is CO[C@H]1O[C@@H]2CO[C@@H](c3ccccc3)O[C@H]2[C@H](OC(=S)SCc2ccc([N+](=O)[O-])cc2)[C@H]1OC(=S)SCc1ccc([N+](=O)[O-])cc1. The molecule has 2 aliphatic heterocycles. The lowest BCUT2D eigenvalue weighted by atomic mass is 9.97. The molecule has 3 aromatic rings. The van der Waals surface area contributed by atoms with E-state index in [-0.39, 0.29) is 26.7 Å². The molecule has 0 N–H and O–H groups in total. The molecule has 5 rings (SSSR count). The normalized spacial score (nSPS) is 23.9. The Morgan fingerprint density at radius 2 is 1.33 bits per heavy atom. The van der Waals surface area contributed by atoms with Crippen LogP contribution in [0.25, 0.3) is 0 Å². The fraction of sp³-hybridized carbons (Fsp3) is 0.333. The largest absolute Gasteiger partial charge is 0.468 e. The van der Waals surface area contributed by atoms with Gasteiger partial charge in [-0.2, -0.15) is 0 Å². The van der Waals surface area contributed by atoms with Crippen LogP contribution in [0.3, 0.4) is 0 Å². The van der Waals surface area contributed by atoms with Crippen LogP contribution in [-0.2, 0) is 39.9 Å². The molecule has 2 saturated heterocycles. The lowest BCUT2D eigenvalue weighted by Crippen LogP contribution is -2.64. The van der Waals surface area contributed by atoms with E-state index in [1.807, 2.05) is 30.3 Å². The van der Waals surface area contributed by atoms with Crippen molar-refractivity contribution in [2.75, 3.05) is 13.7 Å². The molecule has 16 heteroatoms. The minimum atomic E-state index is -0.910. The lowest BCUT2D eigenvalue weighted by molar-refractivity contribution is -0.385. The van der Waals surface area contributed by atoms with Gasteiger partial charge in [-0.05, 0) is 35.6 Å². The number of hydrogen-bond donors (Lipinski definition) is 0. The molecular weight excluding hydrogens is 677 g/mol. The first-order valence-corrected chi connectivity index (χ1v) is 16.6. The zero-order chi connectivity index (χ0) is 32.6. The summed E-state index contributed by atoms with van der Waals surface area (Å²) in [7, 11) is 1.48. The molecule has 6 atom stereocenters. The van der Waals surface area contributed by atoms with Crippen molar-refractivity contribution in [3.63, 3.8) is 0 Å². The molecule has 0 aromatic heterocycles. The van der Waals surface area contributed by atoms with Gasteiger partial charge >= 0.3 is 0 Å². The summed E-state index contributed by atoms with van der Waals surface area (Å²) in [6.07, 6.45) is -4.58. The Kier molecular flexibility index (Phi) is 11.9. The Bertz CT molecular complexity index is 1530. The maximum Gasteiger partial charge on any atom is 0.269 e. The van der Waals surface area contributed by atoms with Crippen molar-refractivity contribution >= 4 is 68.1 Å². The van der Waals surface area contributed by atoms with Gasteiger partial charge in [-0.15, -0.1) is 0 Å². The van der Waals surface area contributed by atoms with E-state index in [2.05, 4.69) is 0 Å². The molecule has 0 spiro atoms. The summed E-state index contributed by atoms with van der Waals surface area (Å²) in [6, 6.07) is 21.8. The molecular formula is C30H28N2O10S4. The molecule has 2 fully saturated rings. The Hall–Kier alpha value is -3.22. The number of rotatable bonds is 10. The minimum Gasteiger partial charge on any atom is -0.468 e. The number of nitro benzene ring substituents is 2. The number of fused-ring (bicyclic) bond motifs is 1. The number of hydrogen-bond acceptors (Lipinski definition) is 14. The highest BCUT2D eigenvalue weighted by molar-refractivity contribution is 8.22. The zero-order valence-electron chi connectivity index (χ0n) is 24.2. The molecule has 0 amide bonds. The number of nitrogens with zero attached hydrogens (tertiary/aromatic N) is 2. The predicted molar refractivity (Wildman–Crippen MR) is 179 cm³/mol. The van der Waals surface area contributed by atoms with Crippen LogP contribution in [0.15, 0.2) is 78.9 Å². The number of methoxy groups -OCH3 is 1. The van der Waals surface area contributed by atoms with Crippen LogP contribution in [0.2, 0.25) is 0 Å². The number of benzene rings is 3. The van der Waals surface area contributed by atoms with E-state index >= 15 is 0 Å². The van der Waals surface area contributed by atoms with E-state index in [1.165, 1.54) is 54.9 Å². The minimum absolute atomic E-state index is 0.00141. The quantitative estimate of drug-likeness (QED) is 0.129. The first kappa shape index (κ1) is 34.1. The molecule has 2 aliphatic rings. The average Bonchev–Trinajstić information content (AvgIpc) is 3.07. The predicted octanol–water partition coefficient (Wildman–Crippen LogP) is 6.50. The average molecular weight is 705 g/mol. The Balaban J connectivity index is 1.31. The van der Waals surface area contributed by atoms with E-state index in [9.17, 15) is 20.2 Å². The van der Waals surface area contributed by atoms with Crippen LogP contribution in [0.5, 0.6) is 0 Å². The molecule has 2 heterocycles. The Morgan fingerprint density at radius 3 is 1.83 bits per heavy atom. The molecule has 0 radical (unpaired) electrons. The summed E-state index contributed by atoms with van der Waals surface area (Å²) in [5.41, 5.74) is 2.45. The first-order chi connectivity index (χ1) is 22.2. The summed E-state index contributed by atoms with van der Waals surface area (Å²) >= 11 is 13.7. The van der Waals surface area contributed by atoms with Gasteiger partial charge in [0.05, 0.1) is 16.5 Å². The summed E-state index contributed by atoms with van der Waals surface area (Å²) in [5.74, 6) is 0.817. The van der Waals surface area contributed by atoms with Crippen molar-refractivity contribution in [3.05, 3.63) is 116 Å². The highest BCUT2D eigenvalue weighted by Gasteiger charge is 2.53. The van der Waals surface area contributed by atoms with E-state index < -0.39 is 46.8 Å². The summed E-state index contributed by atoms with van der Waals surface area (Å²) < 4.78 is 37.2. The third-order valence-corrected chi connectivity index (χ3v) is 9.58. The molecule has 0 saturated carbocycles. The lowest BCUT2D eigenvalue weighted by Gasteiger charge is -2.48. The highest BCUT2D eigenvalue weighted by Crippen LogP contribution is 2.38. The van der Waals surface area contributed by atoms with Crippen LogP contribution >= 0.6 is 48.0 Å². The van der Waals surface area contributed by atoms with Gasteiger partial charge < -0.3 is 28.4 Å². The smallest absolute Gasteiger partial charge is 0.269 e. The van der Waals surface area contributed by atoms with Crippen molar-refractivity contribution in [1.29, 1.82) is 0 Å². The fourth-order valence-corrected chi connectivity index (χ4v) is 6.67. The first-order valence-electron chi connectivity index (χ1n) is 13.9. The van der Waals surface area contributed by atoms with Gasteiger partial charge in [0, 0.05) is 48.4 Å². The van der Waals surface area contributed by atoms with E-state index in [0.29, 0.717) is 11.5 Å². The van der Waals surface area contributed by atoms with Crippen LogP contribution in [0.1, 0.15) is 23.0 Å². The van der Waals surface area contributed by atoms with Gasteiger partial charge in [0.15, 0.2) is 24.8 Å². The maximum atomic E-state index is 11.0. The van der Waals surface area contributed by atoms with Gasteiger partial charge in [0.25, 0.3) is 11.4 Å². The van der Waals surface area contributed by atoms with Gasteiger partial charge in [0.2, 0.25) is 8.77 Å². The monoisotopic (exact) mass is 704 g/mol. The molecule has 0 aliphatic carbocycles. The number of non-ortho nitro benzene ring substituents is 2. The van der Waals surface area contributed by atoms with E-state index in [0.717, 1.165) is 16.7 Å². The van der Waals surface area contributed by atoms with Crippen LogP contribution < -0.4 is 0 Å². The molecule has 3 aromatic carbocycles. The fourth-order valence-electron chi connectivity index (χ4n) is 4.78. The molecule has 242 valence electrons. The third kappa shape index (κ3) is 8.77. The number of ether oxygens (including phenoxy) is 6. The second kappa shape index (κ2) is 16.1. The highest BCUT2D eigenvalue weighted by atomic mass is 32.2. The number of thioether (sulfide) groups is 2. The van der Waals surface area contributed by atoms with Crippen molar-refractivity contribution in [2.24, 2.45) is 0 Å². The van der Waals surface area contributed by atoms with E-state index in [4.69, 9.17) is 52.9 Å². The summed E-state index contributed by atoms with van der Waals surface area (Å²) in [6.45, 7) is 0.193. The molecule has 0 unspecified atom stereocenters. The molecule has 46 heavy (non-hydrogen) atoms. The van der Waals surface area contributed by atoms with Crippen molar-refractivity contribution in [3.8, 4) is 0 Å². The molecule has 12 nitrogen and oxygen atoms in total. The van der Waals surface area contributed by atoms with Crippen molar-refractivity contribution < 1.29 is 38.3 Å². The Morgan fingerprint density at radius 1 is 0.804 bits per heavy atom. The standard InChI is InChI=1S/C30H28N2O10S4/c1-37-28-26(42-30(44)46-17-19-9-13-22(14-10-19)32(35)36)25(41-29(43)45-16-18-7-11-21(12-8-18)31(33)34)24-23(39-28)15-38-27(40-24)20-5-3-2-4-6-20/h2-14,23-28H,15-17H2,1H3/t23-,24-,25+,26-,27-,28+/m1/s1. The zero-order valence-corrected chi connectivity index (χ0v) is 27.5. The molecule has 0 bridgehead atoms. The maximum absolute atomic E-state index is 11.0. The van der Waals surface area contributed by atoms with Gasteiger partial charge in [-0.1, -0.05) is 78.1 Å². The van der Waals surface area contributed by atoms with Gasteiger partial charge in [0.1, 0.15) is 12.2 Å². The van der Waals surface area contributed by atoms with Gasteiger partial charge in [-0.25, -0.2) is 0 Å². The second-order valence-electron chi connectivity index (χ2n) is 10.0.